The fourth-order valence-corrected chi connectivity index (χ4v) is 2.81. The van der Waals surface area contributed by atoms with Gasteiger partial charge in [-0.25, -0.2) is 14.4 Å². The van der Waals surface area contributed by atoms with Crippen LogP contribution in [0.4, 0.5) is 10.3 Å². The molecule has 0 saturated carbocycles. The summed E-state index contributed by atoms with van der Waals surface area (Å²) < 4.78 is 13.5. The summed E-state index contributed by atoms with van der Waals surface area (Å²) in [5.74, 6) is 0.190. The van der Waals surface area contributed by atoms with Crippen molar-refractivity contribution in [2.24, 2.45) is 0 Å². The molecule has 3 rings (SSSR count). The predicted octanol–water partition coefficient (Wildman–Crippen LogP) is 2.58. The number of rotatable bonds is 5. The average Bonchev–Trinajstić information content (AvgIpc) is 2.64. The molecule has 0 aliphatic carbocycles. The zero-order chi connectivity index (χ0) is 16.8. The summed E-state index contributed by atoms with van der Waals surface area (Å²) >= 11 is 0. The van der Waals surface area contributed by atoms with E-state index in [-0.39, 0.29) is 11.7 Å². The number of hydrogen-bond donors (Lipinski definition) is 1. The van der Waals surface area contributed by atoms with Crippen LogP contribution >= 0.6 is 0 Å². The van der Waals surface area contributed by atoms with Gasteiger partial charge < -0.3 is 10.2 Å². The Hall–Kier alpha value is -2.50. The van der Waals surface area contributed by atoms with Gasteiger partial charge in [0, 0.05) is 32.0 Å². The lowest BCUT2D eigenvalue weighted by molar-refractivity contribution is 0.0953. The zero-order valence-corrected chi connectivity index (χ0v) is 13.5. The Morgan fingerprint density at radius 2 is 1.83 bits per heavy atom. The van der Waals surface area contributed by atoms with Gasteiger partial charge in [0.2, 0.25) is 5.95 Å². The molecule has 2 heterocycles. The fraction of sp³-hybridized carbons (Fsp3) is 0.389. The van der Waals surface area contributed by atoms with Crippen LogP contribution in [0.25, 0.3) is 0 Å². The Bertz CT molecular complexity index is 684. The topological polar surface area (TPSA) is 58.1 Å². The Morgan fingerprint density at radius 1 is 1.12 bits per heavy atom. The van der Waals surface area contributed by atoms with E-state index in [0.29, 0.717) is 30.0 Å². The van der Waals surface area contributed by atoms with E-state index in [2.05, 4.69) is 20.2 Å². The number of halogens is 1. The van der Waals surface area contributed by atoms with Crippen molar-refractivity contribution in [2.45, 2.75) is 25.7 Å². The number of nitrogens with one attached hydrogen (secondary N) is 1. The highest BCUT2D eigenvalue weighted by Gasteiger charge is 2.14. The van der Waals surface area contributed by atoms with Crippen molar-refractivity contribution in [3.8, 4) is 0 Å². The van der Waals surface area contributed by atoms with Crippen LogP contribution in [0.5, 0.6) is 0 Å². The Kier molecular flexibility index (Phi) is 5.36. The second kappa shape index (κ2) is 7.86. The van der Waals surface area contributed by atoms with Gasteiger partial charge in [-0.3, -0.25) is 4.79 Å². The Balaban J connectivity index is 1.52. The first-order chi connectivity index (χ1) is 11.7. The first-order valence-corrected chi connectivity index (χ1v) is 8.32. The number of carbonyl (C=O) groups is 1. The van der Waals surface area contributed by atoms with E-state index < -0.39 is 0 Å². The molecule has 2 aromatic rings. The van der Waals surface area contributed by atoms with Crippen LogP contribution in [0.15, 0.2) is 36.7 Å². The Morgan fingerprint density at radius 3 is 2.54 bits per heavy atom. The molecule has 0 atom stereocenters. The van der Waals surface area contributed by atoms with Gasteiger partial charge in [0.15, 0.2) is 0 Å². The number of benzene rings is 1. The molecule has 1 amide bonds. The minimum atomic E-state index is -0.249. The summed E-state index contributed by atoms with van der Waals surface area (Å²) in [5, 5.41) is 2.77. The quantitative estimate of drug-likeness (QED) is 0.916. The van der Waals surface area contributed by atoms with Gasteiger partial charge in [-0.05, 0) is 37.3 Å². The zero-order valence-electron chi connectivity index (χ0n) is 13.5. The SMILES string of the molecule is O=C(NCCc1ccccc1F)c1cnc(N2CCCCC2)nc1. The van der Waals surface area contributed by atoms with E-state index in [9.17, 15) is 9.18 Å². The third kappa shape index (κ3) is 4.07. The van der Waals surface area contributed by atoms with Crippen LogP contribution in [0.1, 0.15) is 35.2 Å². The molecule has 1 fully saturated rings. The molecule has 126 valence electrons. The van der Waals surface area contributed by atoms with Crippen molar-refractivity contribution >= 4 is 11.9 Å². The average molecular weight is 328 g/mol. The number of piperidine rings is 1. The third-order valence-corrected chi connectivity index (χ3v) is 4.18. The van der Waals surface area contributed by atoms with Crippen molar-refractivity contribution in [3.63, 3.8) is 0 Å². The van der Waals surface area contributed by atoms with Crippen molar-refractivity contribution in [1.82, 2.24) is 15.3 Å². The van der Waals surface area contributed by atoms with Crippen LogP contribution in [0, 0.1) is 5.82 Å². The summed E-state index contributed by atoms with van der Waals surface area (Å²) in [6.45, 7) is 2.30. The van der Waals surface area contributed by atoms with Crippen molar-refractivity contribution in [2.75, 3.05) is 24.5 Å². The summed E-state index contributed by atoms with van der Waals surface area (Å²) in [4.78, 5) is 22.8. The van der Waals surface area contributed by atoms with Crippen molar-refractivity contribution in [1.29, 1.82) is 0 Å². The largest absolute Gasteiger partial charge is 0.352 e. The van der Waals surface area contributed by atoms with Gasteiger partial charge >= 0.3 is 0 Å². The molecule has 6 heteroatoms. The number of carbonyl (C=O) groups excluding carboxylic acids is 1. The molecular formula is C18H21FN4O. The molecule has 1 aliphatic rings. The van der Waals surface area contributed by atoms with Crippen LogP contribution in [0.2, 0.25) is 0 Å². The summed E-state index contributed by atoms with van der Waals surface area (Å²) in [5.41, 5.74) is 1.01. The van der Waals surface area contributed by atoms with E-state index in [0.717, 1.165) is 25.9 Å². The molecule has 0 spiro atoms. The molecular weight excluding hydrogens is 307 g/mol. The summed E-state index contributed by atoms with van der Waals surface area (Å²) in [6.07, 6.45) is 7.11. The van der Waals surface area contributed by atoms with Gasteiger partial charge in [-0.1, -0.05) is 18.2 Å². The lowest BCUT2D eigenvalue weighted by atomic mass is 10.1. The van der Waals surface area contributed by atoms with E-state index in [1.54, 1.807) is 30.6 Å². The van der Waals surface area contributed by atoms with Gasteiger partial charge in [0.1, 0.15) is 5.82 Å². The molecule has 24 heavy (non-hydrogen) atoms. The van der Waals surface area contributed by atoms with Crippen LogP contribution in [-0.2, 0) is 6.42 Å². The molecule has 1 aromatic heterocycles. The minimum absolute atomic E-state index is 0.239. The molecule has 1 N–H and O–H groups in total. The maximum Gasteiger partial charge on any atom is 0.254 e. The molecule has 0 unspecified atom stereocenters. The van der Waals surface area contributed by atoms with Crippen LogP contribution < -0.4 is 10.2 Å². The standard InChI is InChI=1S/C18H21FN4O/c19-16-7-3-2-6-14(16)8-9-20-17(24)15-12-21-18(22-13-15)23-10-4-1-5-11-23/h2-3,6-7,12-13H,1,4-5,8-11H2,(H,20,24). The maximum absolute atomic E-state index is 13.5. The fourth-order valence-electron chi connectivity index (χ4n) is 2.81. The summed E-state index contributed by atoms with van der Waals surface area (Å²) in [7, 11) is 0. The number of hydrogen-bond acceptors (Lipinski definition) is 4. The number of nitrogens with zero attached hydrogens (tertiary/aromatic N) is 3. The van der Waals surface area contributed by atoms with E-state index in [1.807, 2.05) is 0 Å². The van der Waals surface area contributed by atoms with E-state index in [1.165, 1.54) is 12.5 Å². The first kappa shape index (κ1) is 16.4. The van der Waals surface area contributed by atoms with Gasteiger partial charge in [0.25, 0.3) is 5.91 Å². The monoisotopic (exact) mass is 328 g/mol. The minimum Gasteiger partial charge on any atom is -0.352 e. The molecule has 1 saturated heterocycles. The van der Waals surface area contributed by atoms with E-state index in [4.69, 9.17) is 0 Å². The normalized spacial score (nSPS) is 14.5. The van der Waals surface area contributed by atoms with Crippen molar-refractivity contribution < 1.29 is 9.18 Å². The highest BCUT2D eigenvalue weighted by atomic mass is 19.1. The van der Waals surface area contributed by atoms with Gasteiger partial charge in [-0.15, -0.1) is 0 Å². The summed E-state index contributed by atoms with van der Waals surface area (Å²) in [6, 6.07) is 6.58. The molecule has 5 nitrogen and oxygen atoms in total. The lowest BCUT2D eigenvalue weighted by Gasteiger charge is -2.26. The number of anilines is 1. The van der Waals surface area contributed by atoms with Crippen molar-refractivity contribution in [3.05, 3.63) is 53.6 Å². The molecule has 0 bridgehead atoms. The van der Waals surface area contributed by atoms with Gasteiger partial charge in [-0.2, -0.15) is 0 Å². The first-order valence-electron chi connectivity index (χ1n) is 8.32. The smallest absolute Gasteiger partial charge is 0.254 e. The second-order valence-electron chi connectivity index (χ2n) is 5.92. The second-order valence-corrected chi connectivity index (χ2v) is 5.92. The third-order valence-electron chi connectivity index (χ3n) is 4.18. The molecule has 1 aliphatic heterocycles. The number of aromatic nitrogens is 2. The predicted molar refractivity (Wildman–Crippen MR) is 90.5 cm³/mol. The number of amides is 1. The van der Waals surface area contributed by atoms with Crippen LogP contribution in [-0.4, -0.2) is 35.5 Å². The molecule has 0 radical (unpaired) electrons. The van der Waals surface area contributed by atoms with E-state index >= 15 is 0 Å². The maximum atomic E-state index is 13.5. The highest BCUT2D eigenvalue weighted by molar-refractivity contribution is 5.93. The molecule has 1 aromatic carbocycles. The van der Waals surface area contributed by atoms with Gasteiger partial charge in [0.05, 0.1) is 5.56 Å². The highest BCUT2D eigenvalue weighted by Crippen LogP contribution is 2.15. The Labute approximate surface area is 140 Å². The van der Waals surface area contributed by atoms with Crippen LogP contribution in [0.3, 0.4) is 0 Å². The lowest BCUT2D eigenvalue weighted by Crippen LogP contribution is -2.31.